The highest BCUT2D eigenvalue weighted by molar-refractivity contribution is 5.95. The molecule has 0 saturated heterocycles. The number of nitrogens with one attached hydrogen (secondary N) is 1. The first-order valence-corrected chi connectivity index (χ1v) is 6.78. The van der Waals surface area contributed by atoms with Crippen LogP contribution in [0.3, 0.4) is 0 Å². The third-order valence-electron chi connectivity index (χ3n) is 3.21. The first kappa shape index (κ1) is 16.3. The van der Waals surface area contributed by atoms with Crippen molar-refractivity contribution in [1.82, 2.24) is 5.32 Å². The van der Waals surface area contributed by atoms with Crippen LogP contribution >= 0.6 is 0 Å². The van der Waals surface area contributed by atoms with Gasteiger partial charge >= 0.3 is 0 Å². The molecule has 23 heavy (non-hydrogen) atoms. The number of nitro groups is 1. The van der Waals surface area contributed by atoms with E-state index in [-0.39, 0.29) is 18.1 Å². The van der Waals surface area contributed by atoms with Gasteiger partial charge in [-0.25, -0.2) is 0 Å². The number of nitro benzene ring substituents is 1. The monoisotopic (exact) mass is 316 g/mol. The molecule has 0 aliphatic carbocycles. The number of rotatable bonds is 6. The van der Waals surface area contributed by atoms with E-state index in [1.54, 1.807) is 30.3 Å². The molecule has 7 nitrogen and oxygen atoms in total. The lowest BCUT2D eigenvalue weighted by Gasteiger charge is -2.09. The van der Waals surface area contributed by atoms with Crippen molar-refractivity contribution in [1.29, 1.82) is 0 Å². The van der Waals surface area contributed by atoms with E-state index in [4.69, 9.17) is 9.47 Å². The summed E-state index contributed by atoms with van der Waals surface area (Å²) < 4.78 is 10.2. The lowest BCUT2D eigenvalue weighted by molar-refractivity contribution is -0.384. The Morgan fingerprint density at radius 1 is 1.09 bits per heavy atom. The predicted molar refractivity (Wildman–Crippen MR) is 83.8 cm³/mol. The maximum Gasteiger partial charge on any atom is 0.269 e. The number of methoxy groups -OCH3 is 2. The topological polar surface area (TPSA) is 90.7 Å². The summed E-state index contributed by atoms with van der Waals surface area (Å²) in [6.07, 6.45) is 0. The Morgan fingerprint density at radius 3 is 2.13 bits per heavy atom. The quantitative estimate of drug-likeness (QED) is 0.653. The van der Waals surface area contributed by atoms with Crippen LogP contribution in [0.1, 0.15) is 15.9 Å². The van der Waals surface area contributed by atoms with Crippen molar-refractivity contribution in [2.45, 2.75) is 6.54 Å². The van der Waals surface area contributed by atoms with Crippen molar-refractivity contribution in [3.05, 3.63) is 63.7 Å². The van der Waals surface area contributed by atoms with Crippen LogP contribution in [0.5, 0.6) is 11.5 Å². The molecule has 1 amide bonds. The van der Waals surface area contributed by atoms with Gasteiger partial charge in [0.1, 0.15) is 11.5 Å². The number of hydrogen-bond acceptors (Lipinski definition) is 5. The van der Waals surface area contributed by atoms with E-state index >= 15 is 0 Å². The minimum Gasteiger partial charge on any atom is -0.497 e. The normalized spacial score (nSPS) is 10.0. The van der Waals surface area contributed by atoms with E-state index in [1.165, 1.54) is 26.4 Å². The van der Waals surface area contributed by atoms with Crippen LogP contribution in [0.2, 0.25) is 0 Å². The number of nitrogens with zero attached hydrogens (tertiary/aromatic N) is 1. The summed E-state index contributed by atoms with van der Waals surface area (Å²) in [5.74, 6) is 0.746. The van der Waals surface area contributed by atoms with Gasteiger partial charge in [-0.2, -0.15) is 0 Å². The molecule has 0 spiro atoms. The first-order chi connectivity index (χ1) is 11.0. The molecule has 1 N–H and O–H groups in total. The summed E-state index contributed by atoms with van der Waals surface area (Å²) in [7, 11) is 3.01. The predicted octanol–water partition coefficient (Wildman–Crippen LogP) is 2.54. The van der Waals surface area contributed by atoms with Crippen molar-refractivity contribution in [3.8, 4) is 11.5 Å². The van der Waals surface area contributed by atoms with Crippen LogP contribution in [0.25, 0.3) is 0 Å². The molecule has 2 aromatic rings. The van der Waals surface area contributed by atoms with E-state index in [0.29, 0.717) is 17.1 Å². The van der Waals surface area contributed by atoms with E-state index in [1.807, 2.05) is 0 Å². The summed E-state index contributed by atoms with van der Waals surface area (Å²) in [5.41, 5.74) is 1.18. The first-order valence-electron chi connectivity index (χ1n) is 6.78. The Bertz CT molecular complexity index is 691. The summed E-state index contributed by atoms with van der Waals surface area (Å²) >= 11 is 0. The van der Waals surface area contributed by atoms with Crippen molar-refractivity contribution in [3.63, 3.8) is 0 Å². The molecule has 0 aromatic heterocycles. The smallest absolute Gasteiger partial charge is 0.269 e. The van der Waals surface area contributed by atoms with Gasteiger partial charge < -0.3 is 14.8 Å². The maximum atomic E-state index is 12.2. The van der Waals surface area contributed by atoms with E-state index in [0.717, 1.165) is 5.56 Å². The molecule has 120 valence electrons. The number of benzene rings is 2. The number of carbonyl (C=O) groups excluding carboxylic acids is 1. The summed E-state index contributed by atoms with van der Waals surface area (Å²) in [4.78, 5) is 22.3. The van der Waals surface area contributed by atoms with Crippen LogP contribution in [-0.2, 0) is 6.54 Å². The second kappa shape index (κ2) is 7.26. The van der Waals surface area contributed by atoms with E-state index in [9.17, 15) is 14.9 Å². The fourth-order valence-electron chi connectivity index (χ4n) is 1.96. The lowest BCUT2D eigenvalue weighted by atomic mass is 10.1. The van der Waals surface area contributed by atoms with Crippen molar-refractivity contribution >= 4 is 11.6 Å². The highest BCUT2D eigenvalue weighted by atomic mass is 16.6. The van der Waals surface area contributed by atoms with Gasteiger partial charge in [0.25, 0.3) is 11.6 Å². The summed E-state index contributed by atoms with van der Waals surface area (Å²) in [6, 6.07) is 10.9. The molecule has 0 aliphatic rings. The van der Waals surface area contributed by atoms with Crippen LogP contribution in [0, 0.1) is 10.1 Å². The molecule has 0 unspecified atom stereocenters. The second-order valence-corrected chi connectivity index (χ2v) is 4.71. The van der Waals surface area contributed by atoms with E-state index < -0.39 is 4.92 Å². The molecule has 7 heteroatoms. The third-order valence-corrected chi connectivity index (χ3v) is 3.21. The lowest BCUT2D eigenvalue weighted by Crippen LogP contribution is -2.22. The number of carbonyl (C=O) groups is 1. The Balaban J connectivity index is 2.05. The van der Waals surface area contributed by atoms with Gasteiger partial charge in [0, 0.05) is 30.3 Å². The Morgan fingerprint density at radius 2 is 1.65 bits per heavy atom. The van der Waals surface area contributed by atoms with Crippen LogP contribution in [0.4, 0.5) is 5.69 Å². The number of amides is 1. The van der Waals surface area contributed by atoms with Crippen LogP contribution < -0.4 is 14.8 Å². The molecular formula is C16H16N2O5. The number of non-ortho nitro benzene ring substituents is 1. The molecular weight excluding hydrogens is 300 g/mol. The minimum atomic E-state index is -0.467. The highest BCUT2D eigenvalue weighted by Crippen LogP contribution is 2.22. The average molecular weight is 316 g/mol. The zero-order valence-electron chi connectivity index (χ0n) is 12.7. The van der Waals surface area contributed by atoms with Gasteiger partial charge in [-0.1, -0.05) is 12.1 Å². The summed E-state index contributed by atoms with van der Waals surface area (Å²) in [6.45, 7) is 0.260. The molecule has 0 aliphatic heterocycles. The van der Waals surface area contributed by atoms with Gasteiger partial charge in [0.2, 0.25) is 0 Å². The number of hydrogen-bond donors (Lipinski definition) is 1. The van der Waals surface area contributed by atoms with Crippen molar-refractivity contribution in [2.75, 3.05) is 14.2 Å². The zero-order valence-corrected chi connectivity index (χ0v) is 12.7. The third kappa shape index (κ3) is 4.19. The molecule has 2 rings (SSSR count). The van der Waals surface area contributed by atoms with Crippen LogP contribution in [0.15, 0.2) is 42.5 Å². The molecule has 0 atom stereocenters. The molecule has 0 bridgehead atoms. The van der Waals surface area contributed by atoms with Gasteiger partial charge in [-0.3, -0.25) is 14.9 Å². The molecule has 0 fully saturated rings. The SMILES string of the molecule is COc1cc(OC)cc(C(=O)NCc2ccc([N+](=O)[O-])cc2)c1. The van der Waals surface area contributed by atoms with Crippen LogP contribution in [-0.4, -0.2) is 25.1 Å². The fourth-order valence-corrected chi connectivity index (χ4v) is 1.96. The summed E-state index contributed by atoms with van der Waals surface area (Å²) in [5, 5.41) is 13.3. The Hall–Kier alpha value is -3.09. The second-order valence-electron chi connectivity index (χ2n) is 4.71. The molecule has 0 heterocycles. The van der Waals surface area contributed by atoms with E-state index in [2.05, 4.69) is 5.32 Å². The average Bonchev–Trinajstić information content (AvgIpc) is 2.59. The number of ether oxygens (including phenoxy) is 2. The maximum absolute atomic E-state index is 12.2. The Labute approximate surface area is 133 Å². The minimum absolute atomic E-state index is 0.0117. The highest BCUT2D eigenvalue weighted by Gasteiger charge is 2.10. The fraction of sp³-hybridized carbons (Fsp3) is 0.188. The molecule has 0 radical (unpaired) electrons. The van der Waals surface area contributed by atoms with Gasteiger partial charge in [0.05, 0.1) is 19.1 Å². The molecule has 2 aromatic carbocycles. The van der Waals surface area contributed by atoms with Gasteiger partial charge in [0.15, 0.2) is 0 Å². The zero-order chi connectivity index (χ0) is 16.8. The Kier molecular flexibility index (Phi) is 5.14. The molecule has 0 saturated carbocycles. The van der Waals surface area contributed by atoms with Gasteiger partial charge in [-0.05, 0) is 17.7 Å². The largest absolute Gasteiger partial charge is 0.497 e. The van der Waals surface area contributed by atoms with Crippen molar-refractivity contribution < 1.29 is 19.2 Å². The van der Waals surface area contributed by atoms with Crippen molar-refractivity contribution in [2.24, 2.45) is 0 Å². The van der Waals surface area contributed by atoms with Gasteiger partial charge in [-0.15, -0.1) is 0 Å². The standard InChI is InChI=1S/C16H16N2O5/c1-22-14-7-12(8-15(9-14)23-2)16(19)17-10-11-3-5-13(6-4-11)18(20)21/h3-9H,10H2,1-2H3,(H,17,19).